The monoisotopic (exact) mass is 446 g/mol. The molecule has 0 spiro atoms. The zero-order valence-electron chi connectivity index (χ0n) is 17.8. The van der Waals surface area contributed by atoms with Crippen molar-refractivity contribution in [3.63, 3.8) is 0 Å². The SMILES string of the molecule is CCn1c(SCC(=O)Nc2ccc(C)c(C)c2)nnc1C(C)Oc1ccc(F)cc1F. The molecule has 1 aromatic heterocycles. The number of aromatic nitrogens is 3. The van der Waals surface area contributed by atoms with Gasteiger partial charge in [-0.15, -0.1) is 10.2 Å². The number of nitrogens with zero attached hydrogens (tertiary/aromatic N) is 3. The first-order chi connectivity index (χ1) is 14.8. The van der Waals surface area contributed by atoms with Gasteiger partial charge in [0.1, 0.15) is 5.82 Å². The fourth-order valence-corrected chi connectivity index (χ4v) is 3.77. The summed E-state index contributed by atoms with van der Waals surface area (Å²) in [6.45, 7) is 8.17. The zero-order chi connectivity index (χ0) is 22.5. The van der Waals surface area contributed by atoms with Crippen LogP contribution in [-0.2, 0) is 11.3 Å². The van der Waals surface area contributed by atoms with Gasteiger partial charge in [-0.2, -0.15) is 0 Å². The predicted octanol–water partition coefficient (Wildman–Crippen LogP) is 5.06. The van der Waals surface area contributed by atoms with Gasteiger partial charge in [0.25, 0.3) is 0 Å². The van der Waals surface area contributed by atoms with Crippen LogP contribution in [0.5, 0.6) is 5.75 Å². The molecule has 3 rings (SSSR count). The van der Waals surface area contributed by atoms with E-state index in [1.807, 2.05) is 39.0 Å². The number of hydrogen-bond donors (Lipinski definition) is 1. The van der Waals surface area contributed by atoms with Crippen molar-refractivity contribution in [1.29, 1.82) is 0 Å². The van der Waals surface area contributed by atoms with E-state index in [9.17, 15) is 13.6 Å². The van der Waals surface area contributed by atoms with Crippen molar-refractivity contribution < 1.29 is 18.3 Å². The molecule has 2 aromatic carbocycles. The van der Waals surface area contributed by atoms with Crippen LogP contribution in [0.15, 0.2) is 41.6 Å². The number of carbonyl (C=O) groups excluding carboxylic acids is 1. The number of halogens is 2. The molecule has 0 aliphatic carbocycles. The minimum atomic E-state index is -0.785. The lowest BCUT2D eigenvalue weighted by atomic mass is 10.1. The smallest absolute Gasteiger partial charge is 0.234 e. The van der Waals surface area contributed by atoms with Gasteiger partial charge in [0.05, 0.1) is 5.75 Å². The number of anilines is 1. The second-order valence-corrected chi connectivity index (χ2v) is 8.00. The summed E-state index contributed by atoms with van der Waals surface area (Å²) < 4.78 is 34.4. The number of aryl methyl sites for hydroxylation is 2. The van der Waals surface area contributed by atoms with Crippen molar-refractivity contribution in [1.82, 2.24) is 14.8 Å². The van der Waals surface area contributed by atoms with Crippen LogP contribution in [0.3, 0.4) is 0 Å². The first-order valence-electron chi connectivity index (χ1n) is 9.83. The number of carbonyl (C=O) groups is 1. The third kappa shape index (κ3) is 5.61. The van der Waals surface area contributed by atoms with E-state index in [-0.39, 0.29) is 17.4 Å². The number of thioether (sulfide) groups is 1. The maximum absolute atomic E-state index is 13.9. The van der Waals surface area contributed by atoms with Gasteiger partial charge in [-0.3, -0.25) is 4.79 Å². The molecule has 164 valence electrons. The van der Waals surface area contributed by atoms with Crippen molar-refractivity contribution in [3.8, 4) is 5.75 Å². The summed E-state index contributed by atoms with van der Waals surface area (Å²) in [7, 11) is 0. The van der Waals surface area contributed by atoms with Gasteiger partial charge < -0.3 is 14.6 Å². The summed E-state index contributed by atoms with van der Waals surface area (Å²) in [4.78, 5) is 12.3. The topological polar surface area (TPSA) is 69.0 Å². The Morgan fingerprint density at radius 1 is 1.16 bits per heavy atom. The second-order valence-electron chi connectivity index (χ2n) is 7.06. The van der Waals surface area contributed by atoms with Gasteiger partial charge in [0, 0.05) is 18.3 Å². The Bertz CT molecular complexity index is 1090. The average Bonchev–Trinajstić information content (AvgIpc) is 3.14. The van der Waals surface area contributed by atoms with E-state index in [0.29, 0.717) is 17.5 Å². The average molecular weight is 447 g/mol. The summed E-state index contributed by atoms with van der Waals surface area (Å²) in [6.07, 6.45) is -0.619. The summed E-state index contributed by atoms with van der Waals surface area (Å²) >= 11 is 1.25. The fraction of sp³-hybridized carbons (Fsp3) is 0.318. The molecule has 0 bridgehead atoms. The maximum atomic E-state index is 13.9. The summed E-state index contributed by atoms with van der Waals surface area (Å²) in [5.74, 6) is -1.03. The second kappa shape index (κ2) is 9.91. The van der Waals surface area contributed by atoms with E-state index in [1.54, 1.807) is 11.5 Å². The molecule has 1 N–H and O–H groups in total. The van der Waals surface area contributed by atoms with Crippen molar-refractivity contribution in [2.75, 3.05) is 11.1 Å². The van der Waals surface area contributed by atoms with Crippen LogP contribution in [0.25, 0.3) is 0 Å². The van der Waals surface area contributed by atoms with E-state index < -0.39 is 17.7 Å². The van der Waals surface area contributed by atoms with Crippen LogP contribution in [0, 0.1) is 25.5 Å². The van der Waals surface area contributed by atoms with E-state index in [4.69, 9.17) is 4.74 Å². The highest BCUT2D eigenvalue weighted by Gasteiger charge is 2.20. The molecule has 1 heterocycles. The molecule has 0 saturated carbocycles. The number of rotatable bonds is 8. The molecular weight excluding hydrogens is 422 g/mol. The highest BCUT2D eigenvalue weighted by atomic mass is 32.2. The Labute approximate surface area is 184 Å². The van der Waals surface area contributed by atoms with Crippen LogP contribution in [-0.4, -0.2) is 26.4 Å². The van der Waals surface area contributed by atoms with Crippen LogP contribution < -0.4 is 10.1 Å². The van der Waals surface area contributed by atoms with E-state index in [2.05, 4.69) is 15.5 Å². The molecule has 6 nitrogen and oxygen atoms in total. The van der Waals surface area contributed by atoms with E-state index in [0.717, 1.165) is 28.9 Å². The van der Waals surface area contributed by atoms with Crippen molar-refractivity contribution in [2.45, 2.75) is 45.5 Å². The summed E-state index contributed by atoms with van der Waals surface area (Å²) in [6, 6.07) is 8.89. The number of hydrogen-bond acceptors (Lipinski definition) is 5. The largest absolute Gasteiger partial charge is 0.480 e. The quantitative estimate of drug-likeness (QED) is 0.490. The third-order valence-electron chi connectivity index (χ3n) is 4.75. The lowest BCUT2D eigenvalue weighted by Gasteiger charge is -2.16. The Morgan fingerprint density at radius 2 is 1.94 bits per heavy atom. The molecule has 1 unspecified atom stereocenters. The van der Waals surface area contributed by atoms with Gasteiger partial charge in [-0.25, -0.2) is 8.78 Å². The van der Waals surface area contributed by atoms with Crippen molar-refractivity contribution in [2.24, 2.45) is 0 Å². The Morgan fingerprint density at radius 3 is 2.61 bits per heavy atom. The third-order valence-corrected chi connectivity index (χ3v) is 5.71. The Hall–Kier alpha value is -2.94. The molecule has 0 aliphatic rings. The highest BCUT2D eigenvalue weighted by Crippen LogP contribution is 2.27. The predicted molar refractivity (Wildman–Crippen MR) is 116 cm³/mol. The molecule has 9 heteroatoms. The van der Waals surface area contributed by atoms with Crippen LogP contribution >= 0.6 is 11.8 Å². The molecule has 0 saturated heterocycles. The van der Waals surface area contributed by atoms with Crippen molar-refractivity contribution >= 4 is 23.4 Å². The molecule has 0 fully saturated rings. The van der Waals surface area contributed by atoms with Crippen LogP contribution in [0.4, 0.5) is 14.5 Å². The van der Waals surface area contributed by atoms with Gasteiger partial charge in [-0.05, 0) is 63.1 Å². The summed E-state index contributed by atoms with van der Waals surface area (Å²) in [5.41, 5.74) is 3.01. The minimum absolute atomic E-state index is 0.0680. The van der Waals surface area contributed by atoms with Gasteiger partial charge in [-0.1, -0.05) is 17.8 Å². The summed E-state index contributed by atoms with van der Waals surface area (Å²) in [5, 5.41) is 11.7. The van der Waals surface area contributed by atoms with Crippen LogP contribution in [0.2, 0.25) is 0 Å². The zero-order valence-corrected chi connectivity index (χ0v) is 18.6. The Balaban J connectivity index is 1.65. The molecular formula is C22H24F2N4O2S. The maximum Gasteiger partial charge on any atom is 0.234 e. The Kier molecular flexibility index (Phi) is 7.27. The first kappa shape index (κ1) is 22.7. The standard InChI is InChI=1S/C22H24F2N4O2S/c1-5-28-21(15(4)30-19-9-7-16(23)11-18(19)24)26-27-22(28)31-12-20(29)25-17-8-6-13(2)14(3)10-17/h6-11,15H,5,12H2,1-4H3,(H,25,29). The van der Waals surface area contributed by atoms with E-state index >= 15 is 0 Å². The fourth-order valence-electron chi connectivity index (χ4n) is 2.97. The lowest BCUT2D eigenvalue weighted by molar-refractivity contribution is -0.113. The van der Waals surface area contributed by atoms with E-state index in [1.165, 1.54) is 17.8 Å². The normalized spacial score (nSPS) is 11.9. The molecule has 31 heavy (non-hydrogen) atoms. The van der Waals surface area contributed by atoms with Gasteiger partial charge in [0.2, 0.25) is 5.91 Å². The molecule has 1 amide bonds. The molecule has 1 atom stereocenters. The van der Waals surface area contributed by atoms with Crippen LogP contribution in [0.1, 0.15) is 36.9 Å². The number of amides is 1. The minimum Gasteiger partial charge on any atom is -0.480 e. The highest BCUT2D eigenvalue weighted by molar-refractivity contribution is 7.99. The molecule has 0 aliphatic heterocycles. The first-order valence-corrected chi connectivity index (χ1v) is 10.8. The number of benzene rings is 2. The van der Waals surface area contributed by atoms with Crippen molar-refractivity contribution in [3.05, 3.63) is 65.0 Å². The molecule has 3 aromatic rings. The number of nitrogens with one attached hydrogen (secondary N) is 1. The lowest BCUT2D eigenvalue weighted by Crippen LogP contribution is -2.15. The molecule has 0 radical (unpaired) electrons. The van der Waals surface area contributed by atoms with Gasteiger partial charge in [0.15, 0.2) is 28.7 Å². The number of ether oxygens (including phenoxy) is 1. The van der Waals surface area contributed by atoms with Gasteiger partial charge >= 0.3 is 0 Å².